The maximum Gasteiger partial charge on any atom is 0.134 e. The van der Waals surface area contributed by atoms with E-state index in [1.54, 1.807) is 0 Å². The average molecular weight is 143 g/mol. The van der Waals surface area contributed by atoms with E-state index in [9.17, 15) is 0 Å². The molecule has 1 heterocycles. The van der Waals surface area contributed by atoms with Crippen molar-refractivity contribution in [2.75, 3.05) is 0 Å². The van der Waals surface area contributed by atoms with E-state index in [4.69, 9.17) is 11.6 Å². The summed E-state index contributed by atoms with van der Waals surface area (Å²) in [5, 5.41) is 2.99. The molecule has 0 fully saturated rings. The second-order valence-corrected chi connectivity index (χ2v) is 2.54. The summed E-state index contributed by atoms with van der Waals surface area (Å²) in [5.74, 6) is 0. The van der Waals surface area contributed by atoms with Gasteiger partial charge in [0.15, 0.2) is 0 Å². The number of dihydropyridines is 1. The number of hydrogen-bond donors (Lipinski definition) is 1. The first-order chi connectivity index (χ1) is 4.27. The molecule has 1 rings (SSSR count). The fraction of sp³-hybridized carbons (Fsp3) is 0.286. The number of halogens is 1. The molecule has 0 spiro atoms. The molecule has 1 nitrogen and oxygen atoms in total. The molecule has 49 valence electrons. The highest BCUT2D eigenvalue weighted by Gasteiger charge is 2.19. The van der Waals surface area contributed by atoms with Crippen LogP contribution in [0.4, 0.5) is 0 Å². The van der Waals surface area contributed by atoms with Crippen LogP contribution in [-0.4, -0.2) is 5.00 Å². The van der Waals surface area contributed by atoms with Crippen molar-refractivity contribution >= 4 is 11.6 Å². The summed E-state index contributed by atoms with van der Waals surface area (Å²) in [6, 6.07) is 0. The van der Waals surface area contributed by atoms with Gasteiger partial charge in [-0.15, -0.1) is 0 Å². The van der Waals surface area contributed by atoms with Crippen molar-refractivity contribution in [3.63, 3.8) is 0 Å². The molecule has 1 radical (unpaired) electrons. The zero-order valence-electron chi connectivity index (χ0n) is 5.26. The van der Waals surface area contributed by atoms with E-state index in [-0.39, 0.29) is 0 Å². The van der Waals surface area contributed by atoms with Gasteiger partial charge in [0.05, 0.1) is 0 Å². The standard InChI is InChI=1S/C7H9ClN/c1-2-7(8)5-3-4-6-9-7/h2-6,9H,1H3. The van der Waals surface area contributed by atoms with Gasteiger partial charge in [-0.3, -0.25) is 0 Å². The average Bonchev–Trinajstić information content (AvgIpc) is 1.90. The second-order valence-electron chi connectivity index (χ2n) is 1.92. The molecule has 1 unspecified atom stereocenters. The maximum absolute atomic E-state index is 5.95. The number of nitrogens with one attached hydrogen (secondary N) is 1. The van der Waals surface area contributed by atoms with Crippen LogP contribution in [0.15, 0.2) is 24.4 Å². The summed E-state index contributed by atoms with van der Waals surface area (Å²) in [6.45, 7) is 1.92. The first kappa shape index (κ1) is 6.69. The van der Waals surface area contributed by atoms with E-state index in [0.29, 0.717) is 0 Å². The molecule has 0 aromatic heterocycles. The first-order valence-corrected chi connectivity index (χ1v) is 3.26. The normalized spacial score (nSPS) is 32.2. The van der Waals surface area contributed by atoms with E-state index in [1.807, 2.05) is 37.8 Å². The van der Waals surface area contributed by atoms with Crippen molar-refractivity contribution in [2.45, 2.75) is 11.9 Å². The van der Waals surface area contributed by atoms with Crippen LogP contribution in [-0.2, 0) is 0 Å². The molecule has 9 heavy (non-hydrogen) atoms. The van der Waals surface area contributed by atoms with Crippen LogP contribution in [0.3, 0.4) is 0 Å². The third-order valence-corrected chi connectivity index (χ3v) is 1.72. The first-order valence-electron chi connectivity index (χ1n) is 2.88. The topological polar surface area (TPSA) is 12.0 Å². The van der Waals surface area contributed by atoms with Crippen LogP contribution in [0.25, 0.3) is 0 Å². The highest BCUT2D eigenvalue weighted by atomic mass is 35.5. The lowest BCUT2D eigenvalue weighted by Crippen LogP contribution is -2.34. The zero-order valence-corrected chi connectivity index (χ0v) is 6.02. The van der Waals surface area contributed by atoms with Crippen molar-refractivity contribution in [1.82, 2.24) is 5.32 Å². The molecular formula is C7H9ClN. The van der Waals surface area contributed by atoms with Gasteiger partial charge in [0.1, 0.15) is 5.00 Å². The van der Waals surface area contributed by atoms with Gasteiger partial charge in [0.2, 0.25) is 0 Å². The number of hydrogen-bond acceptors (Lipinski definition) is 1. The van der Waals surface area contributed by atoms with Crippen LogP contribution >= 0.6 is 11.6 Å². The molecule has 1 atom stereocenters. The molecule has 0 aromatic carbocycles. The minimum absolute atomic E-state index is 0.450. The molecular weight excluding hydrogens is 134 g/mol. The van der Waals surface area contributed by atoms with Gasteiger partial charge in [-0.2, -0.15) is 0 Å². The lowest BCUT2D eigenvalue weighted by molar-refractivity contribution is 0.706. The minimum atomic E-state index is -0.450. The lowest BCUT2D eigenvalue weighted by Gasteiger charge is -2.23. The van der Waals surface area contributed by atoms with Crippen molar-refractivity contribution in [3.8, 4) is 0 Å². The lowest BCUT2D eigenvalue weighted by atomic mass is 10.2. The quantitative estimate of drug-likeness (QED) is 0.435. The van der Waals surface area contributed by atoms with E-state index in [0.717, 1.165) is 0 Å². The van der Waals surface area contributed by atoms with Crippen molar-refractivity contribution in [3.05, 3.63) is 30.8 Å². The second kappa shape index (κ2) is 2.44. The largest absolute Gasteiger partial charge is 0.369 e. The summed E-state index contributed by atoms with van der Waals surface area (Å²) in [4.78, 5) is -0.450. The Kier molecular flexibility index (Phi) is 1.81. The van der Waals surface area contributed by atoms with Gasteiger partial charge < -0.3 is 5.32 Å². The SMILES string of the molecule is C[CH]C1(Cl)C=CC=CN1. The fourth-order valence-corrected chi connectivity index (χ4v) is 0.790. The van der Waals surface area contributed by atoms with E-state index >= 15 is 0 Å². The summed E-state index contributed by atoms with van der Waals surface area (Å²) in [7, 11) is 0. The Morgan fingerprint density at radius 1 is 1.56 bits per heavy atom. The molecule has 0 saturated heterocycles. The fourth-order valence-electron chi connectivity index (χ4n) is 0.655. The summed E-state index contributed by atoms with van der Waals surface area (Å²) in [5.41, 5.74) is 0. The summed E-state index contributed by atoms with van der Waals surface area (Å²) >= 11 is 5.95. The highest BCUT2D eigenvalue weighted by Crippen LogP contribution is 2.18. The third-order valence-electron chi connectivity index (χ3n) is 1.27. The van der Waals surface area contributed by atoms with Gasteiger partial charge in [0.25, 0.3) is 0 Å². The highest BCUT2D eigenvalue weighted by molar-refractivity contribution is 6.26. The third kappa shape index (κ3) is 1.49. The molecule has 0 aromatic rings. The Morgan fingerprint density at radius 2 is 2.33 bits per heavy atom. The molecule has 1 aliphatic rings. The van der Waals surface area contributed by atoms with Crippen LogP contribution < -0.4 is 5.32 Å². The van der Waals surface area contributed by atoms with E-state index < -0.39 is 5.00 Å². The predicted octanol–water partition coefficient (Wildman–Crippen LogP) is 1.82. The van der Waals surface area contributed by atoms with Crippen LogP contribution in [0.2, 0.25) is 0 Å². The van der Waals surface area contributed by atoms with Crippen molar-refractivity contribution in [1.29, 1.82) is 0 Å². The van der Waals surface area contributed by atoms with Crippen LogP contribution in [0, 0.1) is 6.42 Å². The van der Waals surface area contributed by atoms with Gasteiger partial charge in [-0.1, -0.05) is 24.6 Å². The van der Waals surface area contributed by atoms with Crippen molar-refractivity contribution in [2.24, 2.45) is 0 Å². The van der Waals surface area contributed by atoms with Crippen LogP contribution in [0.5, 0.6) is 0 Å². The van der Waals surface area contributed by atoms with Gasteiger partial charge in [-0.25, -0.2) is 0 Å². The zero-order chi connectivity index (χ0) is 6.74. The summed E-state index contributed by atoms with van der Waals surface area (Å²) in [6.07, 6.45) is 9.45. The Morgan fingerprint density at radius 3 is 2.67 bits per heavy atom. The molecule has 0 bridgehead atoms. The van der Waals surface area contributed by atoms with Gasteiger partial charge >= 0.3 is 0 Å². The molecule has 1 N–H and O–H groups in total. The Labute approximate surface area is 60.4 Å². The van der Waals surface area contributed by atoms with Crippen LogP contribution in [0.1, 0.15) is 6.92 Å². The minimum Gasteiger partial charge on any atom is -0.369 e. The Hall–Kier alpha value is -0.430. The molecule has 0 aliphatic carbocycles. The number of allylic oxidation sites excluding steroid dienone is 2. The molecule has 2 heteroatoms. The van der Waals surface area contributed by atoms with Gasteiger partial charge in [-0.05, 0) is 18.4 Å². The molecule has 1 aliphatic heterocycles. The molecule has 0 saturated carbocycles. The van der Waals surface area contributed by atoms with E-state index in [2.05, 4.69) is 5.32 Å². The smallest absolute Gasteiger partial charge is 0.134 e. The maximum atomic E-state index is 5.95. The molecule has 0 amide bonds. The number of alkyl halides is 1. The van der Waals surface area contributed by atoms with Gasteiger partial charge in [0, 0.05) is 6.42 Å². The number of rotatable bonds is 1. The monoisotopic (exact) mass is 142 g/mol. The predicted molar refractivity (Wildman–Crippen MR) is 40.0 cm³/mol. The Bertz CT molecular complexity index is 151. The van der Waals surface area contributed by atoms with Crippen molar-refractivity contribution < 1.29 is 0 Å². The Balaban J connectivity index is 2.63. The summed E-state index contributed by atoms with van der Waals surface area (Å²) < 4.78 is 0. The van der Waals surface area contributed by atoms with E-state index in [1.165, 1.54) is 0 Å².